The molecule has 0 aliphatic heterocycles. The molecule has 1 aromatic heterocycles. The van der Waals surface area contributed by atoms with E-state index in [1.165, 1.54) is 4.90 Å². The molecule has 0 saturated heterocycles. The molecule has 1 heterocycles. The average Bonchev–Trinajstić information content (AvgIpc) is 2.59. The van der Waals surface area contributed by atoms with Crippen molar-refractivity contribution in [2.24, 2.45) is 0 Å². The summed E-state index contributed by atoms with van der Waals surface area (Å²) in [7, 11) is 3.41. The van der Waals surface area contributed by atoms with Gasteiger partial charge in [0.05, 0.1) is 0 Å². The van der Waals surface area contributed by atoms with Crippen molar-refractivity contribution < 1.29 is 4.79 Å². The fourth-order valence-electron chi connectivity index (χ4n) is 1.28. The Morgan fingerprint density at radius 1 is 1.62 bits per heavy atom. The van der Waals surface area contributed by atoms with E-state index in [1.807, 2.05) is 11.5 Å². The van der Waals surface area contributed by atoms with Crippen LogP contribution in [0.2, 0.25) is 0 Å². The fourth-order valence-corrected chi connectivity index (χ4v) is 1.53. The zero-order valence-corrected chi connectivity index (χ0v) is 10.6. The molecule has 0 aliphatic rings. The second kappa shape index (κ2) is 5.64. The summed E-state index contributed by atoms with van der Waals surface area (Å²) in [6.07, 6.45) is 0.814. The van der Waals surface area contributed by atoms with Crippen LogP contribution in [0.3, 0.4) is 0 Å². The van der Waals surface area contributed by atoms with Crippen molar-refractivity contribution in [2.45, 2.75) is 19.9 Å². The van der Waals surface area contributed by atoms with E-state index in [1.54, 1.807) is 14.1 Å². The van der Waals surface area contributed by atoms with Crippen LogP contribution in [0.5, 0.6) is 0 Å². The van der Waals surface area contributed by atoms with Gasteiger partial charge in [0.15, 0.2) is 4.77 Å². The number of aromatic amines is 1. The Hall–Kier alpha value is -1.37. The number of urea groups is 1. The van der Waals surface area contributed by atoms with Crippen LogP contribution in [-0.4, -0.2) is 46.3 Å². The van der Waals surface area contributed by atoms with Crippen LogP contribution < -0.4 is 5.32 Å². The largest absolute Gasteiger partial charge is 0.336 e. The van der Waals surface area contributed by atoms with Crippen molar-refractivity contribution in [3.05, 3.63) is 10.6 Å². The van der Waals surface area contributed by atoms with Gasteiger partial charge in [-0.3, -0.25) is 5.10 Å². The molecule has 0 aliphatic carbocycles. The van der Waals surface area contributed by atoms with Crippen LogP contribution in [-0.2, 0) is 13.0 Å². The first kappa shape index (κ1) is 12.7. The first-order chi connectivity index (χ1) is 7.56. The highest BCUT2D eigenvalue weighted by Crippen LogP contribution is 1.97. The van der Waals surface area contributed by atoms with Crippen molar-refractivity contribution in [2.75, 3.05) is 20.6 Å². The van der Waals surface area contributed by atoms with Crippen LogP contribution in [0.1, 0.15) is 12.7 Å². The molecule has 16 heavy (non-hydrogen) atoms. The number of amides is 2. The maximum atomic E-state index is 11.3. The van der Waals surface area contributed by atoms with E-state index >= 15 is 0 Å². The third-order valence-corrected chi connectivity index (χ3v) is 2.48. The Balaban J connectivity index is 2.52. The van der Waals surface area contributed by atoms with Gasteiger partial charge in [0, 0.05) is 33.6 Å². The molecule has 0 spiro atoms. The normalized spacial score (nSPS) is 10.2. The van der Waals surface area contributed by atoms with Crippen molar-refractivity contribution >= 4 is 18.2 Å². The summed E-state index contributed by atoms with van der Waals surface area (Å²) in [5.41, 5.74) is 0. The smallest absolute Gasteiger partial charge is 0.316 e. The van der Waals surface area contributed by atoms with Crippen LogP contribution in [0.4, 0.5) is 4.79 Å². The molecule has 1 aromatic rings. The lowest BCUT2D eigenvalue weighted by molar-refractivity contribution is 0.217. The SMILES string of the molecule is CCc1n[nH]c(=S)n1CCNC(=O)N(C)C. The highest BCUT2D eigenvalue weighted by Gasteiger charge is 2.05. The third kappa shape index (κ3) is 3.06. The highest BCUT2D eigenvalue weighted by atomic mass is 32.1. The predicted octanol–water partition coefficient (Wildman–Crippen LogP) is 0.774. The maximum absolute atomic E-state index is 11.3. The molecule has 0 aromatic carbocycles. The summed E-state index contributed by atoms with van der Waals surface area (Å²) in [6, 6.07) is -0.104. The number of nitrogens with zero attached hydrogens (tertiary/aromatic N) is 3. The number of H-pyrrole nitrogens is 1. The van der Waals surface area contributed by atoms with Crippen molar-refractivity contribution in [1.29, 1.82) is 0 Å². The van der Waals surface area contributed by atoms with Crippen molar-refractivity contribution in [1.82, 2.24) is 25.0 Å². The number of aryl methyl sites for hydroxylation is 1. The second-order valence-corrected chi connectivity index (χ2v) is 3.96. The Bertz CT molecular complexity index is 408. The minimum atomic E-state index is -0.104. The average molecular weight is 243 g/mol. The summed E-state index contributed by atoms with van der Waals surface area (Å²) in [5.74, 6) is 0.907. The van der Waals surface area contributed by atoms with Gasteiger partial charge in [0.25, 0.3) is 0 Å². The molecule has 90 valence electrons. The lowest BCUT2D eigenvalue weighted by Gasteiger charge is -2.12. The number of hydrogen-bond donors (Lipinski definition) is 2. The number of hydrogen-bond acceptors (Lipinski definition) is 3. The van der Waals surface area contributed by atoms with E-state index in [-0.39, 0.29) is 6.03 Å². The van der Waals surface area contributed by atoms with E-state index in [0.29, 0.717) is 17.9 Å². The van der Waals surface area contributed by atoms with Gasteiger partial charge in [-0.05, 0) is 12.2 Å². The molecule has 0 saturated carbocycles. The maximum Gasteiger partial charge on any atom is 0.316 e. The van der Waals surface area contributed by atoms with Gasteiger partial charge >= 0.3 is 6.03 Å². The predicted molar refractivity (Wildman–Crippen MR) is 63.9 cm³/mol. The summed E-state index contributed by atoms with van der Waals surface area (Å²) in [4.78, 5) is 12.8. The molecule has 0 unspecified atom stereocenters. The van der Waals surface area contributed by atoms with Gasteiger partial charge in [-0.25, -0.2) is 4.79 Å². The van der Waals surface area contributed by atoms with Gasteiger partial charge in [0.2, 0.25) is 0 Å². The summed E-state index contributed by atoms with van der Waals surface area (Å²) in [5, 5.41) is 9.61. The van der Waals surface area contributed by atoms with Crippen LogP contribution in [0, 0.1) is 4.77 Å². The molecule has 0 bridgehead atoms. The number of carbonyl (C=O) groups is 1. The summed E-state index contributed by atoms with van der Waals surface area (Å²) >= 11 is 5.09. The topological polar surface area (TPSA) is 66.0 Å². The Kier molecular flexibility index (Phi) is 4.48. The molecular weight excluding hydrogens is 226 g/mol. The van der Waals surface area contributed by atoms with Gasteiger partial charge in [0.1, 0.15) is 5.82 Å². The summed E-state index contributed by atoms with van der Waals surface area (Å²) in [6.45, 7) is 3.19. The third-order valence-electron chi connectivity index (χ3n) is 2.17. The van der Waals surface area contributed by atoms with Gasteiger partial charge in [-0.2, -0.15) is 5.10 Å². The van der Waals surface area contributed by atoms with E-state index in [2.05, 4.69) is 15.5 Å². The number of carbonyl (C=O) groups excluding carboxylic acids is 1. The lowest BCUT2D eigenvalue weighted by atomic mass is 10.4. The molecule has 0 atom stereocenters. The lowest BCUT2D eigenvalue weighted by Crippen LogP contribution is -2.36. The second-order valence-electron chi connectivity index (χ2n) is 3.58. The molecule has 2 amide bonds. The highest BCUT2D eigenvalue weighted by molar-refractivity contribution is 7.71. The van der Waals surface area contributed by atoms with Crippen LogP contribution in [0.15, 0.2) is 0 Å². The molecule has 1 rings (SSSR count). The first-order valence-electron chi connectivity index (χ1n) is 5.15. The van der Waals surface area contributed by atoms with Crippen molar-refractivity contribution in [3.63, 3.8) is 0 Å². The minimum Gasteiger partial charge on any atom is -0.336 e. The monoisotopic (exact) mass is 243 g/mol. The van der Waals surface area contributed by atoms with Crippen LogP contribution >= 0.6 is 12.2 Å². The number of rotatable bonds is 4. The van der Waals surface area contributed by atoms with Gasteiger partial charge < -0.3 is 14.8 Å². The zero-order valence-electron chi connectivity index (χ0n) is 9.78. The molecule has 6 nitrogen and oxygen atoms in total. The Morgan fingerprint density at radius 3 is 2.88 bits per heavy atom. The van der Waals surface area contributed by atoms with Gasteiger partial charge in [-0.1, -0.05) is 6.92 Å². The molecule has 0 radical (unpaired) electrons. The number of aromatic nitrogens is 3. The molecule has 2 N–H and O–H groups in total. The Labute approximate surface area is 99.6 Å². The van der Waals surface area contributed by atoms with E-state index in [9.17, 15) is 4.79 Å². The van der Waals surface area contributed by atoms with Crippen molar-refractivity contribution in [3.8, 4) is 0 Å². The van der Waals surface area contributed by atoms with E-state index in [0.717, 1.165) is 12.2 Å². The fraction of sp³-hybridized carbons (Fsp3) is 0.667. The summed E-state index contributed by atoms with van der Waals surface area (Å²) < 4.78 is 2.49. The van der Waals surface area contributed by atoms with E-state index in [4.69, 9.17) is 12.2 Å². The number of nitrogens with one attached hydrogen (secondary N) is 2. The standard InChI is InChI=1S/C9H17N5OS/c1-4-7-11-12-9(16)14(7)6-5-10-8(15)13(2)3/h4-6H2,1-3H3,(H,10,15)(H,12,16). The van der Waals surface area contributed by atoms with Crippen LogP contribution in [0.25, 0.3) is 0 Å². The first-order valence-corrected chi connectivity index (χ1v) is 5.56. The molecular formula is C9H17N5OS. The quantitative estimate of drug-likeness (QED) is 0.768. The van der Waals surface area contributed by atoms with E-state index < -0.39 is 0 Å². The van der Waals surface area contributed by atoms with Gasteiger partial charge in [-0.15, -0.1) is 0 Å². The minimum absolute atomic E-state index is 0.104. The molecule has 7 heteroatoms. The zero-order chi connectivity index (χ0) is 12.1. The Morgan fingerprint density at radius 2 is 2.31 bits per heavy atom. The molecule has 0 fully saturated rings.